The molecule has 28 heavy (non-hydrogen) atoms. The first-order chi connectivity index (χ1) is 13.2. The second-order valence-electron chi connectivity index (χ2n) is 6.03. The van der Waals surface area contributed by atoms with E-state index < -0.39 is 10.0 Å². The van der Waals surface area contributed by atoms with Crippen molar-refractivity contribution in [3.8, 4) is 5.75 Å². The molecule has 0 fully saturated rings. The smallest absolute Gasteiger partial charge is 0.276 e. The number of halogens is 1. The molecule has 0 aliphatic carbocycles. The monoisotopic (exact) mass is 423 g/mol. The van der Waals surface area contributed by atoms with Crippen molar-refractivity contribution in [1.29, 1.82) is 0 Å². The van der Waals surface area contributed by atoms with Crippen molar-refractivity contribution in [2.24, 2.45) is 5.10 Å². The van der Waals surface area contributed by atoms with E-state index in [0.717, 1.165) is 5.56 Å². The van der Waals surface area contributed by atoms with Gasteiger partial charge in [-0.25, -0.2) is 4.83 Å². The number of hydrogen-bond acceptors (Lipinski definition) is 5. The van der Waals surface area contributed by atoms with E-state index in [1.54, 1.807) is 37.3 Å². The van der Waals surface area contributed by atoms with Crippen molar-refractivity contribution in [2.45, 2.75) is 32.1 Å². The number of carbonyl (C=O) groups excluding carboxylic acids is 1. The van der Waals surface area contributed by atoms with Crippen molar-refractivity contribution < 1.29 is 17.9 Å². The fraction of sp³-hybridized carbons (Fsp3) is 0.263. The average molecular weight is 424 g/mol. The predicted octanol–water partition coefficient (Wildman–Crippen LogP) is 3.73. The molecule has 0 bridgehead atoms. The first kappa shape index (κ1) is 21.7. The molecule has 150 valence electrons. The third-order valence-electron chi connectivity index (χ3n) is 3.69. The molecule has 7 nitrogen and oxygen atoms in total. The van der Waals surface area contributed by atoms with E-state index in [-0.39, 0.29) is 17.2 Å². The number of benzene rings is 2. The van der Waals surface area contributed by atoms with Crippen LogP contribution in [0, 0.1) is 6.92 Å². The summed E-state index contributed by atoms with van der Waals surface area (Å²) >= 11 is 5.93. The Morgan fingerprint density at radius 2 is 1.86 bits per heavy atom. The number of nitrogens with one attached hydrogen (secondary N) is 2. The van der Waals surface area contributed by atoms with E-state index in [1.807, 2.05) is 13.8 Å². The van der Waals surface area contributed by atoms with E-state index in [2.05, 4.69) is 15.2 Å². The van der Waals surface area contributed by atoms with Gasteiger partial charge in [-0.2, -0.15) is 13.5 Å². The van der Waals surface area contributed by atoms with Gasteiger partial charge in [0.15, 0.2) is 0 Å². The highest BCUT2D eigenvalue weighted by Gasteiger charge is 2.14. The maximum Gasteiger partial charge on any atom is 0.276 e. The van der Waals surface area contributed by atoms with Crippen LogP contribution in [0.1, 0.15) is 25.8 Å². The number of hydrazone groups is 1. The number of nitrogens with zero attached hydrogens (tertiary/aromatic N) is 1. The van der Waals surface area contributed by atoms with E-state index in [4.69, 9.17) is 16.3 Å². The van der Waals surface area contributed by atoms with Crippen molar-refractivity contribution in [2.75, 3.05) is 11.9 Å². The number of sulfonamides is 1. The predicted molar refractivity (Wildman–Crippen MR) is 110 cm³/mol. The average Bonchev–Trinajstić information content (AvgIpc) is 2.64. The van der Waals surface area contributed by atoms with Crippen LogP contribution in [-0.2, 0) is 14.8 Å². The number of anilines is 1. The molecule has 0 aliphatic rings. The third kappa shape index (κ3) is 6.24. The Morgan fingerprint density at radius 1 is 1.18 bits per heavy atom. The zero-order chi connectivity index (χ0) is 20.7. The molecule has 2 aromatic carbocycles. The van der Waals surface area contributed by atoms with Gasteiger partial charge in [0.2, 0.25) is 5.91 Å². The Balaban J connectivity index is 1.98. The fourth-order valence-electron chi connectivity index (χ4n) is 2.27. The van der Waals surface area contributed by atoms with Crippen molar-refractivity contribution in [1.82, 2.24) is 4.83 Å². The van der Waals surface area contributed by atoms with Crippen LogP contribution in [0.3, 0.4) is 0 Å². The summed E-state index contributed by atoms with van der Waals surface area (Å²) in [5, 5.41) is 7.06. The molecule has 2 N–H and O–H groups in total. The molecular weight excluding hydrogens is 402 g/mol. The van der Waals surface area contributed by atoms with Crippen LogP contribution in [0.25, 0.3) is 0 Å². The first-order valence-corrected chi connectivity index (χ1v) is 10.4. The molecule has 0 unspecified atom stereocenters. The summed E-state index contributed by atoms with van der Waals surface area (Å²) in [6, 6.07) is 11.2. The van der Waals surface area contributed by atoms with Crippen LogP contribution in [0.4, 0.5) is 5.69 Å². The van der Waals surface area contributed by atoms with Gasteiger partial charge in [-0.3, -0.25) is 4.79 Å². The van der Waals surface area contributed by atoms with Crippen LogP contribution >= 0.6 is 11.6 Å². The molecule has 1 amide bonds. The molecule has 0 atom stereocenters. The molecule has 9 heteroatoms. The molecule has 0 aromatic heterocycles. The lowest BCUT2D eigenvalue weighted by Crippen LogP contribution is -2.22. The summed E-state index contributed by atoms with van der Waals surface area (Å²) in [4.78, 5) is 14.3. The molecule has 0 aliphatic heterocycles. The van der Waals surface area contributed by atoms with E-state index in [0.29, 0.717) is 28.8 Å². The van der Waals surface area contributed by atoms with Gasteiger partial charge in [-0.15, -0.1) is 0 Å². The summed E-state index contributed by atoms with van der Waals surface area (Å²) in [7, 11) is -3.84. The Kier molecular flexibility index (Phi) is 7.42. The van der Waals surface area contributed by atoms with Crippen LogP contribution in [0.5, 0.6) is 5.75 Å². The van der Waals surface area contributed by atoms with E-state index in [9.17, 15) is 13.2 Å². The number of ether oxygens (including phenoxy) is 1. The topological polar surface area (TPSA) is 96.9 Å². The molecule has 0 heterocycles. The standard InChI is InChI=1S/C19H22ClN3O4S/c1-4-27-16-7-9-17(10-8-16)28(25,26)23-22-14(3)11-19(24)21-18-12-15(20)6-5-13(18)2/h5-10,12,23H,4,11H2,1-3H3,(H,21,24)/b22-14+. The molecule has 0 saturated heterocycles. The van der Waals surface area contributed by atoms with Crippen LogP contribution in [-0.4, -0.2) is 26.6 Å². The van der Waals surface area contributed by atoms with E-state index >= 15 is 0 Å². The molecule has 0 radical (unpaired) electrons. The van der Waals surface area contributed by atoms with Gasteiger partial charge in [0.05, 0.1) is 17.9 Å². The lowest BCUT2D eigenvalue weighted by Gasteiger charge is -2.09. The quantitative estimate of drug-likeness (QED) is 0.499. The maximum atomic E-state index is 12.3. The van der Waals surface area contributed by atoms with Gasteiger partial charge in [0, 0.05) is 16.4 Å². The molecule has 2 aromatic rings. The number of carbonyl (C=O) groups is 1. The van der Waals surface area contributed by atoms with Gasteiger partial charge in [-0.1, -0.05) is 17.7 Å². The van der Waals surface area contributed by atoms with Gasteiger partial charge in [-0.05, 0) is 62.7 Å². The highest BCUT2D eigenvalue weighted by atomic mass is 35.5. The number of amides is 1. The lowest BCUT2D eigenvalue weighted by atomic mass is 10.2. The molecule has 2 rings (SSSR count). The Morgan fingerprint density at radius 3 is 2.50 bits per heavy atom. The van der Waals surface area contributed by atoms with Gasteiger partial charge in [0.1, 0.15) is 5.75 Å². The lowest BCUT2D eigenvalue weighted by molar-refractivity contribution is -0.115. The van der Waals surface area contributed by atoms with Gasteiger partial charge < -0.3 is 10.1 Å². The highest BCUT2D eigenvalue weighted by Crippen LogP contribution is 2.20. The number of hydrogen-bond donors (Lipinski definition) is 2. The van der Waals surface area contributed by atoms with Crippen LogP contribution in [0.2, 0.25) is 5.02 Å². The van der Waals surface area contributed by atoms with Crippen LogP contribution in [0.15, 0.2) is 52.5 Å². The summed E-state index contributed by atoms with van der Waals surface area (Å²) in [5.41, 5.74) is 1.77. The molecule has 0 spiro atoms. The second-order valence-corrected chi connectivity index (χ2v) is 8.13. The SMILES string of the molecule is CCOc1ccc(S(=O)(=O)N/N=C(\C)CC(=O)Nc2cc(Cl)ccc2C)cc1. The largest absolute Gasteiger partial charge is 0.494 e. The minimum Gasteiger partial charge on any atom is -0.494 e. The molecular formula is C19H22ClN3O4S. The van der Waals surface area contributed by atoms with Crippen molar-refractivity contribution >= 4 is 38.9 Å². The number of aryl methyl sites for hydroxylation is 1. The zero-order valence-corrected chi connectivity index (χ0v) is 17.4. The van der Waals surface area contributed by atoms with Gasteiger partial charge >= 0.3 is 0 Å². The minimum atomic E-state index is -3.84. The fourth-order valence-corrected chi connectivity index (χ4v) is 3.32. The maximum absolute atomic E-state index is 12.3. The normalized spacial score (nSPS) is 11.8. The van der Waals surface area contributed by atoms with Crippen molar-refractivity contribution in [3.05, 3.63) is 53.1 Å². The minimum absolute atomic E-state index is 0.0477. The van der Waals surface area contributed by atoms with Crippen molar-refractivity contribution in [3.63, 3.8) is 0 Å². The second kappa shape index (κ2) is 9.57. The van der Waals surface area contributed by atoms with Crippen LogP contribution < -0.4 is 14.9 Å². The summed E-state index contributed by atoms with van der Waals surface area (Å²) in [6.07, 6.45) is -0.0717. The molecule has 0 saturated carbocycles. The third-order valence-corrected chi connectivity index (χ3v) is 5.15. The Bertz CT molecular complexity index is 973. The van der Waals surface area contributed by atoms with Gasteiger partial charge in [0.25, 0.3) is 10.0 Å². The summed E-state index contributed by atoms with van der Waals surface area (Å²) in [6.45, 7) is 5.74. The summed E-state index contributed by atoms with van der Waals surface area (Å²) < 4.78 is 29.9. The Hall–Kier alpha value is -2.58. The Labute approximate surface area is 169 Å². The van der Waals surface area contributed by atoms with E-state index in [1.165, 1.54) is 12.1 Å². The summed E-state index contributed by atoms with van der Waals surface area (Å²) in [5.74, 6) is 0.251. The highest BCUT2D eigenvalue weighted by molar-refractivity contribution is 7.89. The first-order valence-electron chi connectivity index (χ1n) is 8.55. The zero-order valence-electron chi connectivity index (χ0n) is 15.8. The number of rotatable bonds is 8.